The van der Waals surface area contributed by atoms with Crippen molar-refractivity contribution in [2.45, 2.75) is 58.2 Å². The first-order valence-corrected chi connectivity index (χ1v) is 16.2. The van der Waals surface area contributed by atoms with Gasteiger partial charge in [0.05, 0.1) is 35.0 Å². The molecular weight excluding hydrogens is 472 g/mol. The molecule has 3 heterocycles. The summed E-state index contributed by atoms with van der Waals surface area (Å²) in [5.74, 6) is -0.487. The van der Waals surface area contributed by atoms with Crippen LogP contribution in [0.3, 0.4) is 0 Å². The number of piperidine rings is 1. The highest BCUT2D eigenvalue weighted by Gasteiger charge is 2.34. The summed E-state index contributed by atoms with van der Waals surface area (Å²) >= 11 is 0. The van der Waals surface area contributed by atoms with E-state index in [1.807, 2.05) is 30.3 Å². The van der Waals surface area contributed by atoms with Gasteiger partial charge in [-0.15, -0.1) is 0 Å². The molecule has 1 aliphatic heterocycles. The Morgan fingerprint density at radius 3 is 2.67 bits per heavy atom. The first kappa shape index (κ1) is 25.8. The number of amides is 2. The molecule has 3 N–H and O–H groups in total. The van der Waals surface area contributed by atoms with Gasteiger partial charge in [-0.2, -0.15) is 5.10 Å². The normalized spacial score (nSPS) is 18.4. The topological polar surface area (TPSA) is 115 Å². The first-order valence-electron chi connectivity index (χ1n) is 12.5. The number of nitrogen functional groups attached to an aromatic ring is 1. The van der Waals surface area contributed by atoms with Gasteiger partial charge in [-0.1, -0.05) is 56.9 Å². The molecule has 0 radical (unpaired) electrons. The van der Waals surface area contributed by atoms with Crippen LogP contribution in [-0.4, -0.2) is 52.7 Å². The van der Waals surface area contributed by atoms with Crippen molar-refractivity contribution in [2.75, 3.05) is 24.2 Å². The highest BCUT2D eigenvalue weighted by atomic mass is 28.3. The van der Waals surface area contributed by atoms with E-state index in [2.05, 4.69) is 42.0 Å². The van der Waals surface area contributed by atoms with Crippen molar-refractivity contribution in [1.82, 2.24) is 19.7 Å². The predicted molar refractivity (Wildman–Crippen MR) is 144 cm³/mol. The lowest BCUT2D eigenvalue weighted by molar-refractivity contribution is -0.146. The van der Waals surface area contributed by atoms with Crippen LogP contribution >= 0.6 is 0 Å². The average molecular weight is 509 g/mol. The molecule has 36 heavy (non-hydrogen) atoms. The van der Waals surface area contributed by atoms with E-state index in [-0.39, 0.29) is 12.8 Å². The van der Waals surface area contributed by atoms with Crippen LogP contribution in [0.1, 0.15) is 31.4 Å². The summed E-state index contributed by atoms with van der Waals surface area (Å²) in [5.41, 5.74) is 8.07. The van der Waals surface area contributed by atoms with Crippen molar-refractivity contribution in [3.8, 4) is 0 Å². The zero-order valence-electron chi connectivity index (χ0n) is 21.5. The van der Waals surface area contributed by atoms with Gasteiger partial charge in [0.15, 0.2) is 0 Å². The summed E-state index contributed by atoms with van der Waals surface area (Å²) in [6.45, 7) is 10.4. The Morgan fingerprint density at radius 1 is 1.19 bits per heavy atom. The Hall–Kier alpha value is -3.24. The first-order chi connectivity index (χ1) is 17.1. The van der Waals surface area contributed by atoms with Gasteiger partial charge in [0.1, 0.15) is 12.5 Å². The fraction of sp³-hybridized carbons (Fsp3) is 0.462. The largest absolute Gasteiger partial charge is 0.383 e. The SMILES string of the molecule is CC1CCN(C(=O)C(=O)Nc2cnc(N)c3cnn(COCC[Si](C)(C)C)c23)C(c2ccccc2)C1. The Kier molecular flexibility index (Phi) is 7.75. The molecule has 2 unspecified atom stereocenters. The number of pyridine rings is 1. The number of nitrogens with one attached hydrogen (secondary N) is 1. The second kappa shape index (κ2) is 10.8. The van der Waals surface area contributed by atoms with Gasteiger partial charge in [-0.05, 0) is 30.4 Å². The Balaban J connectivity index is 1.53. The summed E-state index contributed by atoms with van der Waals surface area (Å²) < 4.78 is 7.51. The van der Waals surface area contributed by atoms with E-state index in [1.54, 1.807) is 15.8 Å². The number of anilines is 2. The minimum Gasteiger partial charge on any atom is -0.383 e. The van der Waals surface area contributed by atoms with Crippen LogP contribution < -0.4 is 11.1 Å². The lowest BCUT2D eigenvalue weighted by atomic mass is 9.88. The van der Waals surface area contributed by atoms with E-state index in [1.165, 1.54) is 6.20 Å². The molecule has 10 heteroatoms. The molecule has 3 aromatic rings. The third-order valence-corrected chi connectivity index (χ3v) is 8.37. The third-order valence-electron chi connectivity index (χ3n) is 6.67. The number of rotatable bonds is 7. The molecule has 1 aromatic carbocycles. The van der Waals surface area contributed by atoms with Gasteiger partial charge in [0, 0.05) is 21.2 Å². The number of benzene rings is 1. The van der Waals surface area contributed by atoms with Gasteiger partial charge >= 0.3 is 11.8 Å². The number of ether oxygens (including phenoxy) is 1. The van der Waals surface area contributed by atoms with E-state index in [0.717, 1.165) is 24.4 Å². The number of carbonyl (C=O) groups excluding carboxylic acids is 2. The molecule has 2 atom stereocenters. The van der Waals surface area contributed by atoms with Gasteiger partial charge in [0.2, 0.25) is 0 Å². The molecule has 0 bridgehead atoms. The van der Waals surface area contributed by atoms with Crippen LogP contribution in [0.15, 0.2) is 42.7 Å². The second-order valence-electron chi connectivity index (χ2n) is 10.8. The van der Waals surface area contributed by atoms with E-state index in [4.69, 9.17) is 10.5 Å². The number of hydrogen-bond donors (Lipinski definition) is 2. The summed E-state index contributed by atoms with van der Waals surface area (Å²) in [7, 11) is -1.22. The van der Waals surface area contributed by atoms with Crippen molar-refractivity contribution in [2.24, 2.45) is 5.92 Å². The Morgan fingerprint density at radius 2 is 1.94 bits per heavy atom. The molecule has 2 aromatic heterocycles. The number of hydrogen-bond acceptors (Lipinski definition) is 6. The lowest BCUT2D eigenvalue weighted by Crippen LogP contribution is -2.45. The van der Waals surface area contributed by atoms with Crippen molar-refractivity contribution < 1.29 is 14.3 Å². The van der Waals surface area contributed by atoms with E-state index < -0.39 is 19.9 Å². The molecule has 1 fully saturated rings. The molecule has 0 spiro atoms. The molecule has 9 nitrogen and oxygen atoms in total. The summed E-state index contributed by atoms with van der Waals surface area (Å²) in [6, 6.07) is 10.8. The summed E-state index contributed by atoms with van der Waals surface area (Å²) in [6.07, 6.45) is 4.75. The van der Waals surface area contributed by atoms with Gasteiger partial charge < -0.3 is 20.7 Å². The van der Waals surface area contributed by atoms with Crippen LogP contribution in [0.25, 0.3) is 10.9 Å². The molecule has 1 aliphatic rings. The minimum absolute atomic E-state index is 0.136. The van der Waals surface area contributed by atoms with Crippen molar-refractivity contribution >= 4 is 42.3 Å². The molecule has 2 amide bonds. The number of nitrogens with two attached hydrogens (primary N) is 1. The van der Waals surface area contributed by atoms with Crippen LogP contribution in [0.2, 0.25) is 25.7 Å². The maximum atomic E-state index is 13.3. The number of fused-ring (bicyclic) bond motifs is 1. The quantitative estimate of drug-likeness (QED) is 0.280. The maximum Gasteiger partial charge on any atom is 0.314 e. The van der Waals surface area contributed by atoms with Crippen LogP contribution in [0.5, 0.6) is 0 Å². The van der Waals surface area contributed by atoms with Crippen LogP contribution in [-0.2, 0) is 21.1 Å². The summed E-state index contributed by atoms with van der Waals surface area (Å²) in [5, 5.41) is 7.77. The number of carbonyl (C=O) groups is 2. The van der Waals surface area contributed by atoms with Crippen molar-refractivity contribution in [3.05, 3.63) is 48.3 Å². The molecule has 192 valence electrons. The number of likely N-dealkylation sites (tertiary alicyclic amines) is 1. The fourth-order valence-electron chi connectivity index (χ4n) is 4.52. The summed E-state index contributed by atoms with van der Waals surface area (Å²) in [4.78, 5) is 32.4. The zero-order valence-corrected chi connectivity index (χ0v) is 22.5. The van der Waals surface area contributed by atoms with Gasteiger partial charge in [-0.3, -0.25) is 9.59 Å². The van der Waals surface area contributed by atoms with Gasteiger partial charge in [-0.25, -0.2) is 9.67 Å². The minimum atomic E-state index is -1.22. The smallest absolute Gasteiger partial charge is 0.314 e. The van der Waals surface area contributed by atoms with Crippen molar-refractivity contribution in [3.63, 3.8) is 0 Å². The average Bonchev–Trinajstić information content (AvgIpc) is 3.28. The number of aromatic nitrogens is 3. The van der Waals surface area contributed by atoms with Gasteiger partial charge in [0.25, 0.3) is 0 Å². The Labute approximate surface area is 213 Å². The van der Waals surface area contributed by atoms with Crippen LogP contribution in [0.4, 0.5) is 11.5 Å². The Bertz CT molecular complexity index is 1220. The monoisotopic (exact) mass is 508 g/mol. The highest BCUT2D eigenvalue weighted by molar-refractivity contribution is 6.76. The maximum absolute atomic E-state index is 13.3. The van der Waals surface area contributed by atoms with Crippen molar-refractivity contribution in [1.29, 1.82) is 0 Å². The zero-order chi connectivity index (χ0) is 25.9. The second-order valence-corrected chi connectivity index (χ2v) is 16.4. The lowest BCUT2D eigenvalue weighted by Gasteiger charge is -2.38. The van der Waals surface area contributed by atoms with E-state index >= 15 is 0 Å². The van der Waals surface area contributed by atoms with E-state index in [9.17, 15) is 9.59 Å². The third kappa shape index (κ3) is 5.93. The highest BCUT2D eigenvalue weighted by Crippen LogP contribution is 2.34. The fourth-order valence-corrected chi connectivity index (χ4v) is 5.28. The molecule has 1 saturated heterocycles. The van der Waals surface area contributed by atoms with E-state index in [0.29, 0.717) is 41.5 Å². The number of nitrogens with zero attached hydrogens (tertiary/aromatic N) is 4. The predicted octanol–water partition coefficient (Wildman–Crippen LogP) is 4.26. The molecule has 4 rings (SSSR count). The van der Waals surface area contributed by atoms with Crippen LogP contribution in [0, 0.1) is 5.92 Å². The standard InChI is InChI=1S/C26H36N6O3Si/c1-18-10-11-31(22(14-18)19-8-6-5-7-9-19)26(34)25(33)30-21-16-28-24(27)20-15-29-32(23(20)21)17-35-12-13-36(2,3)4/h5-9,15-16,18,22H,10-14,17H2,1-4H3,(H2,27,28)(H,30,33). The molecule has 0 saturated carbocycles. The molecule has 0 aliphatic carbocycles. The molecular formula is C26H36N6O3Si.